The zero-order chi connectivity index (χ0) is 14.7. The number of hydrogen-bond acceptors (Lipinski definition) is 5. The molecular weight excluding hydrogens is 375 g/mol. The smallest absolute Gasteiger partial charge is 0.292 e. The molecular formula is C12H11IN4O3. The molecule has 0 atom stereocenters. The molecule has 0 bridgehead atoms. The lowest BCUT2D eigenvalue weighted by Crippen LogP contribution is -2.23. The van der Waals surface area contributed by atoms with E-state index in [0.717, 1.165) is 0 Å². The number of nitro groups is 1. The molecule has 8 heteroatoms. The van der Waals surface area contributed by atoms with E-state index in [2.05, 4.69) is 10.3 Å². The first-order valence-electron chi connectivity index (χ1n) is 5.68. The maximum absolute atomic E-state index is 12.0. The normalized spacial score (nSPS) is 10.3. The molecule has 0 saturated carbocycles. The Bertz CT molecular complexity index is 714. The van der Waals surface area contributed by atoms with Crippen LogP contribution in [0.5, 0.6) is 0 Å². The summed E-state index contributed by atoms with van der Waals surface area (Å²) in [7, 11) is 1.61. The molecule has 0 radical (unpaired) electrons. The zero-order valence-corrected chi connectivity index (χ0v) is 12.7. The van der Waals surface area contributed by atoms with Crippen molar-refractivity contribution in [1.29, 1.82) is 0 Å². The Hall–Kier alpha value is -1.97. The molecule has 0 fully saturated rings. The third-order valence-corrected chi connectivity index (χ3v) is 3.52. The summed E-state index contributed by atoms with van der Waals surface area (Å²) in [4.78, 5) is 26.4. The van der Waals surface area contributed by atoms with Crippen LogP contribution in [0.15, 0.2) is 35.5 Å². The lowest BCUT2D eigenvalue weighted by atomic mass is 10.1. The minimum absolute atomic E-state index is 0.0170. The number of nitrogens with one attached hydrogen (secondary N) is 1. The maximum atomic E-state index is 12.0. The molecule has 0 unspecified atom stereocenters. The minimum Gasteiger partial charge on any atom is -0.382 e. The summed E-state index contributed by atoms with van der Waals surface area (Å²) in [6, 6.07) is 4.76. The van der Waals surface area contributed by atoms with E-state index in [4.69, 9.17) is 0 Å². The van der Waals surface area contributed by atoms with Crippen LogP contribution in [0.25, 0.3) is 0 Å². The number of nitro benzene ring substituents is 1. The highest BCUT2D eigenvalue weighted by Crippen LogP contribution is 2.28. The Morgan fingerprint density at radius 3 is 2.90 bits per heavy atom. The summed E-state index contributed by atoms with van der Waals surface area (Å²) in [6.07, 6.45) is 2.90. The summed E-state index contributed by atoms with van der Waals surface area (Å²) < 4.78 is 1.92. The first-order valence-corrected chi connectivity index (χ1v) is 6.76. The minimum atomic E-state index is -0.453. The Kier molecular flexibility index (Phi) is 4.32. The van der Waals surface area contributed by atoms with Crippen LogP contribution in [0.3, 0.4) is 0 Å². The van der Waals surface area contributed by atoms with Crippen LogP contribution in [0.2, 0.25) is 0 Å². The number of hydrogen-bond donors (Lipinski definition) is 1. The molecule has 20 heavy (non-hydrogen) atoms. The molecule has 0 aliphatic carbocycles. The van der Waals surface area contributed by atoms with Gasteiger partial charge in [0.2, 0.25) is 0 Å². The largest absolute Gasteiger partial charge is 0.382 e. The second kappa shape index (κ2) is 5.99. The number of anilines is 1. The van der Waals surface area contributed by atoms with Gasteiger partial charge in [0.05, 0.1) is 21.4 Å². The Labute approximate surface area is 127 Å². The van der Waals surface area contributed by atoms with Crippen LogP contribution in [0.4, 0.5) is 11.4 Å². The zero-order valence-electron chi connectivity index (χ0n) is 10.5. The van der Waals surface area contributed by atoms with E-state index in [0.29, 0.717) is 14.8 Å². The quantitative estimate of drug-likeness (QED) is 0.492. The van der Waals surface area contributed by atoms with E-state index in [1.54, 1.807) is 19.2 Å². The van der Waals surface area contributed by atoms with E-state index in [1.165, 1.54) is 23.2 Å². The van der Waals surface area contributed by atoms with Crippen molar-refractivity contribution in [1.82, 2.24) is 9.55 Å². The highest BCUT2D eigenvalue weighted by atomic mass is 127. The monoisotopic (exact) mass is 386 g/mol. The first kappa shape index (κ1) is 14.4. The van der Waals surface area contributed by atoms with Crippen molar-refractivity contribution in [3.63, 3.8) is 0 Å². The van der Waals surface area contributed by atoms with E-state index < -0.39 is 4.92 Å². The van der Waals surface area contributed by atoms with Crippen molar-refractivity contribution in [3.05, 3.63) is 60.3 Å². The van der Waals surface area contributed by atoms with Gasteiger partial charge in [-0.2, -0.15) is 0 Å². The fourth-order valence-corrected chi connectivity index (χ4v) is 2.35. The summed E-state index contributed by atoms with van der Waals surface area (Å²) in [6.45, 7) is 0.223. The van der Waals surface area contributed by atoms with Crippen molar-refractivity contribution in [2.75, 3.05) is 12.4 Å². The summed E-state index contributed by atoms with van der Waals surface area (Å²) in [5.41, 5.74) is 0.877. The molecule has 0 aliphatic rings. The number of aromatic nitrogens is 2. The van der Waals surface area contributed by atoms with Gasteiger partial charge in [0.1, 0.15) is 5.69 Å². The van der Waals surface area contributed by atoms with E-state index >= 15 is 0 Å². The SMILES string of the molecule is CNc1c(Cn2cncc(I)c2=O)cccc1[N+](=O)[O-]. The Morgan fingerprint density at radius 2 is 2.25 bits per heavy atom. The number of benzene rings is 1. The van der Waals surface area contributed by atoms with Gasteiger partial charge in [0, 0.05) is 24.9 Å². The molecule has 0 saturated heterocycles. The van der Waals surface area contributed by atoms with Crippen LogP contribution >= 0.6 is 22.6 Å². The lowest BCUT2D eigenvalue weighted by molar-refractivity contribution is -0.384. The van der Waals surface area contributed by atoms with Crippen molar-refractivity contribution < 1.29 is 4.92 Å². The van der Waals surface area contributed by atoms with Crippen LogP contribution in [0.1, 0.15) is 5.56 Å². The van der Waals surface area contributed by atoms with E-state index in [1.807, 2.05) is 22.6 Å². The average Bonchev–Trinajstić information content (AvgIpc) is 2.43. The van der Waals surface area contributed by atoms with Crippen molar-refractivity contribution >= 4 is 34.0 Å². The van der Waals surface area contributed by atoms with Gasteiger partial charge in [0.25, 0.3) is 11.2 Å². The third-order valence-electron chi connectivity index (χ3n) is 2.78. The second-order valence-electron chi connectivity index (χ2n) is 3.99. The summed E-state index contributed by atoms with van der Waals surface area (Å²) in [5, 5.41) is 13.8. The number of nitrogens with zero attached hydrogens (tertiary/aromatic N) is 3. The van der Waals surface area contributed by atoms with Crippen LogP contribution in [0, 0.1) is 13.7 Å². The predicted molar refractivity (Wildman–Crippen MR) is 83.0 cm³/mol. The highest BCUT2D eigenvalue weighted by molar-refractivity contribution is 14.1. The Morgan fingerprint density at radius 1 is 1.50 bits per heavy atom. The first-order chi connectivity index (χ1) is 9.54. The van der Waals surface area contributed by atoms with Crippen LogP contribution < -0.4 is 10.9 Å². The van der Waals surface area contributed by atoms with Crippen molar-refractivity contribution in [3.8, 4) is 0 Å². The van der Waals surface area contributed by atoms with Gasteiger partial charge in [-0.1, -0.05) is 12.1 Å². The molecule has 1 aromatic carbocycles. The fourth-order valence-electron chi connectivity index (χ4n) is 1.88. The maximum Gasteiger partial charge on any atom is 0.292 e. The summed E-state index contributed by atoms with van der Waals surface area (Å²) in [5.74, 6) is 0. The number of halogens is 1. The van der Waals surface area contributed by atoms with Gasteiger partial charge < -0.3 is 5.32 Å². The van der Waals surface area contributed by atoms with Gasteiger partial charge in [-0.3, -0.25) is 19.5 Å². The van der Waals surface area contributed by atoms with E-state index in [9.17, 15) is 14.9 Å². The molecule has 1 heterocycles. The topological polar surface area (TPSA) is 90.1 Å². The number of rotatable bonds is 4. The average molecular weight is 386 g/mol. The molecule has 1 N–H and O–H groups in total. The molecule has 2 rings (SSSR count). The molecule has 2 aromatic rings. The summed E-state index contributed by atoms with van der Waals surface area (Å²) >= 11 is 1.91. The molecule has 1 aromatic heterocycles. The van der Waals surface area contributed by atoms with Crippen molar-refractivity contribution in [2.45, 2.75) is 6.54 Å². The van der Waals surface area contributed by atoms with Crippen LogP contribution in [-0.4, -0.2) is 21.5 Å². The standard InChI is InChI=1S/C12H11IN4O3/c1-14-11-8(3-2-4-10(11)17(19)20)6-16-7-15-5-9(13)12(16)18/h2-5,7,14H,6H2,1H3. The molecule has 0 spiro atoms. The van der Waals surface area contributed by atoms with E-state index in [-0.39, 0.29) is 17.8 Å². The van der Waals surface area contributed by atoms with Crippen molar-refractivity contribution in [2.24, 2.45) is 0 Å². The lowest BCUT2D eigenvalue weighted by Gasteiger charge is -2.11. The predicted octanol–water partition coefficient (Wildman–Crippen LogP) is 1.85. The van der Waals surface area contributed by atoms with Gasteiger partial charge in [0.15, 0.2) is 0 Å². The second-order valence-corrected chi connectivity index (χ2v) is 5.16. The molecule has 0 aliphatic heterocycles. The Balaban J connectivity index is 2.49. The van der Waals surface area contributed by atoms with Gasteiger partial charge in [-0.25, -0.2) is 4.98 Å². The van der Waals surface area contributed by atoms with Gasteiger partial charge in [-0.15, -0.1) is 0 Å². The highest BCUT2D eigenvalue weighted by Gasteiger charge is 2.16. The fraction of sp³-hybridized carbons (Fsp3) is 0.167. The van der Waals surface area contributed by atoms with Gasteiger partial charge in [-0.05, 0) is 22.6 Å². The molecule has 7 nitrogen and oxygen atoms in total. The number of para-hydroxylation sites is 1. The van der Waals surface area contributed by atoms with Gasteiger partial charge >= 0.3 is 0 Å². The molecule has 104 valence electrons. The third kappa shape index (κ3) is 2.79. The molecule has 0 amide bonds. The van der Waals surface area contributed by atoms with Crippen LogP contribution in [-0.2, 0) is 6.54 Å².